The molecule has 0 bridgehead atoms. The number of amides is 1. The molecule has 1 atom stereocenters. The molecule has 0 saturated carbocycles. The third kappa shape index (κ3) is 6.85. The van der Waals surface area contributed by atoms with Crippen molar-refractivity contribution in [2.75, 3.05) is 6.54 Å². The monoisotopic (exact) mass is 308 g/mol. The summed E-state index contributed by atoms with van der Waals surface area (Å²) < 4.78 is 5.01. The van der Waals surface area contributed by atoms with Crippen molar-refractivity contribution in [3.8, 4) is 0 Å². The molecule has 1 rings (SSSR count). The van der Waals surface area contributed by atoms with Gasteiger partial charge in [0.1, 0.15) is 18.9 Å². The van der Waals surface area contributed by atoms with Crippen LogP contribution in [0.3, 0.4) is 0 Å². The van der Waals surface area contributed by atoms with E-state index in [-0.39, 0.29) is 6.61 Å². The number of aliphatic carboxylic acids is 1. The smallest absolute Gasteiger partial charge is 0.407 e. The van der Waals surface area contributed by atoms with Gasteiger partial charge in [-0.05, 0) is 24.8 Å². The molecule has 7 heteroatoms. The lowest BCUT2D eigenvalue weighted by Crippen LogP contribution is -2.30. The third-order valence-corrected chi connectivity index (χ3v) is 3.01. The second-order valence-corrected chi connectivity index (χ2v) is 4.80. The first-order chi connectivity index (χ1) is 10.5. The molecule has 0 spiro atoms. The van der Waals surface area contributed by atoms with Crippen molar-refractivity contribution in [3.63, 3.8) is 0 Å². The Morgan fingerprint density at radius 3 is 2.55 bits per heavy atom. The summed E-state index contributed by atoms with van der Waals surface area (Å²) in [5, 5.41) is 11.2. The van der Waals surface area contributed by atoms with Gasteiger partial charge >= 0.3 is 12.1 Å². The van der Waals surface area contributed by atoms with Crippen molar-refractivity contribution in [2.45, 2.75) is 31.9 Å². The number of hydrogen-bond donors (Lipinski definition) is 3. The van der Waals surface area contributed by atoms with Crippen molar-refractivity contribution >= 4 is 18.3 Å². The van der Waals surface area contributed by atoms with Crippen LogP contribution in [0, 0.1) is 0 Å². The van der Waals surface area contributed by atoms with Crippen molar-refractivity contribution in [3.05, 3.63) is 35.4 Å². The first-order valence-corrected chi connectivity index (χ1v) is 6.96. The van der Waals surface area contributed by atoms with E-state index >= 15 is 0 Å². The molecule has 0 aliphatic heterocycles. The fraction of sp³-hybridized carbons (Fsp3) is 0.400. The molecular formula is C15H20N2O5. The highest BCUT2D eigenvalue weighted by Gasteiger charge is 2.10. The summed E-state index contributed by atoms with van der Waals surface area (Å²) in [6, 6.07) is 5.86. The summed E-state index contributed by atoms with van der Waals surface area (Å²) in [7, 11) is 0. The zero-order valence-corrected chi connectivity index (χ0v) is 12.2. The average Bonchev–Trinajstić information content (AvgIpc) is 2.52. The molecule has 22 heavy (non-hydrogen) atoms. The van der Waals surface area contributed by atoms with Gasteiger partial charge in [-0.2, -0.15) is 0 Å². The molecule has 0 aromatic heterocycles. The van der Waals surface area contributed by atoms with Gasteiger partial charge in [0.25, 0.3) is 0 Å². The molecule has 1 amide bonds. The molecular weight excluding hydrogens is 288 g/mol. The van der Waals surface area contributed by atoms with E-state index in [1.54, 1.807) is 24.3 Å². The summed E-state index contributed by atoms with van der Waals surface area (Å²) in [6.45, 7) is 0.518. The number of carbonyl (C=O) groups is 3. The quantitative estimate of drug-likeness (QED) is 0.467. The summed E-state index contributed by atoms with van der Waals surface area (Å²) in [5.74, 6) is -1.02. The number of alkyl carbamates (subject to hydrolysis) is 1. The van der Waals surface area contributed by atoms with E-state index in [2.05, 4.69) is 5.32 Å². The Hall–Kier alpha value is -2.41. The van der Waals surface area contributed by atoms with Gasteiger partial charge in [0.2, 0.25) is 0 Å². The highest BCUT2D eigenvalue weighted by Crippen LogP contribution is 2.04. The second kappa shape index (κ2) is 9.51. The summed E-state index contributed by atoms with van der Waals surface area (Å²) in [5.41, 5.74) is 6.71. The van der Waals surface area contributed by atoms with Gasteiger partial charge in [0, 0.05) is 12.1 Å². The molecule has 120 valence electrons. The number of nitrogens with two attached hydrogens (primary N) is 1. The van der Waals surface area contributed by atoms with Crippen LogP contribution in [-0.2, 0) is 16.1 Å². The molecule has 4 N–H and O–H groups in total. The number of rotatable bonds is 9. The molecule has 0 saturated heterocycles. The Labute approximate surface area is 128 Å². The zero-order valence-electron chi connectivity index (χ0n) is 12.2. The SMILES string of the molecule is N[C@@H](CCCCNC(=O)OCc1ccc(C=O)cc1)C(=O)O. The molecule has 0 heterocycles. The van der Waals surface area contributed by atoms with E-state index in [1.807, 2.05) is 0 Å². The summed E-state index contributed by atoms with van der Waals surface area (Å²) >= 11 is 0. The molecule has 1 aromatic rings. The Kier molecular flexibility index (Phi) is 7.63. The number of carbonyl (C=O) groups excluding carboxylic acids is 2. The first kappa shape index (κ1) is 17.6. The number of carboxylic acid groups (broad SMARTS) is 1. The minimum absolute atomic E-state index is 0.120. The molecule has 0 fully saturated rings. The minimum Gasteiger partial charge on any atom is -0.480 e. The zero-order chi connectivity index (χ0) is 16.4. The minimum atomic E-state index is -1.02. The van der Waals surface area contributed by atoms with E-state index in [9.17, 15) is 14.4 Å². The maximum absolute atomic E-state index is 11.4. The number of aldehydes is 1. The van der Waals surface area contributed by atoms with Crippen LogP contribution in [0.25, 0.3) is 0 Å². The van der Waals surface area contributed by atoms with E-state index in [1.165, 1.54) is 0 Å². The van der Waals surface area contributed by atoms with E-state index < -0.39 is 18.1 Å². The van der Waals surface area contributed by atoms with Gasteiger partial charge < -0.3 is 20.9 Å². The van der Waals surface area contributed by atoms with Crippen LogP contribution in [0.1, 0.15) is 35.2 Å². The third-order valence-electron chi connectivity index (χ3n) is 3.01. The van der Waals surface area contributed by atoms with Gasteiger partial charge in [-0.25, -0.2) is 4.79 Å². The van der Waals surface area contributed by atoms with Crippen molar-refractivity contribution < 1.29 is 24.2 Å². The highest BCUT2D eigenvalue weighted by molar-refractivity contribution is 5.74. The molecule has 0 aliphatic carbocycles. The standard InChI is InChI=1S/C15H20N2O5/c16-13(14(19)20)3-1-2-8-17-15(21)22-10-12-6-4-11(9-18)5-7-12/h4-7,9,13H,1-3,8,10,16H2,(H,17,21)(H,19,20)/t13-/m0/s1. The van der Waals surface area contributed by atoms with Crippen LogP contribution in [0.4, 0.5) is 4.79 Å². The molecule has 1 aromatic carbocycles. The predicted molar refractivity (Wildman–Crippen MR) is 79.5 cm³/mol. The molecule has 0 radical (unpaired) electrons. The topological polar surface area (TPSA) is 119 Å². The average molecular weight is 308 g/mol. The van der Waals surface area contributed by atoms with Crippen LogP contribution in [0.15, 0.2) is 24.3 Å². The number of unbranched alkanes of at least 4 members (excludes halogenated alkanes) is 1. The number of hydrogen-bond acceptors (Lipinski definition) is 5. The molecule has 0 unspecified atom stereocenters. The van der Waals surface area contributed by atoms with Crippen LogP contribution in [0.5, 0.6) is 0 Å². The molecule has 0 aliphatic rings. The largest absolute Gasteiger partial charge is 0.480 e. The number of ether oxygens (including phenoxy) is 1. The van der Waals surface area contributed by atoms with Crippen molar-refractivity contribution in [1.82, 2.24) is 5.32 Å². The Morgan fingerprint density at radius 2 is 1.95 bits per heavy atom. The Balaban J connectivity index is 2.13. The Morgan fingerprint density at radius 1 is 1.27 bits per heavy atom. The van der Waals surface area contributed by atoms with Gasteiger partial charge in [-0.15, -0.1) is 0 Å². The van der Waals surface area contributed by atoms with Gasteiger partial charge in [0.05, 0.1) is 0 Å². The fourth-order valence-electron chi connectivity index (χ4n) is 1.70. The van der Waals surface area contributed by atoms with Crippen LogP contribution >= 0.6 is 0 Å². The maximum Gasteiger partial charge on any atom is 0.407 e. The lowest BCUT2D eigenvalue weighted by atomic mass is 10.1. The summed E-state index contributed by atoms with van der Waals surface area (Å²) in [4.78, 5) is 32.4. The number of carboxylic acids is 1. The number of benzene rings is 1. The van der Waals surface area contributed by atoms with Gasteiger partial charge in [-0.1, -0.05) is 24.3 Å². The lowest BCUT2D eigenvalue weighted by molar-refractivity contribution is -0.138. The van der Waals surface area contributed by atoms with Crippen LogP contribution < -0.4 is 11.1 Å². The Bertz CT molecular complexity index is 501. The lowest BCUT2D eigenvalue weighted by Gasteiger charge is -2.08. The first-order valence-electron chi connectivity index (χ1n) is 6.96. The van der Waals surface area contributed by atoms with E-state index in [4.69, 9.17) is 15.6 Å². The predicted octanol–water partition coefficient (Wildman–Crippen LogP) is 1.31. The second-order valence-electron chi connectivity index (χ2n) is 4.80. The summed E-state index contributed by atoms with van der Waals surface area (Å²) in [6.07, 6.45) is 1.82. The van der Waals surface area contributed by atoms with E-state index in [0.29, 0.717) is 31.4 Å². The number of nitrogens with one attached hydrogen (secondary N) is 1. The van der Waals surface area contributed by atoms with E-state index in [0.717, 1.165) is 11.8 Å². The highest BCUT2D eigenvalue weighted by atomic mass is 16.5. The van der Waals surface area contributed by atoms with Gasteiger partial charge in [-0.3, -0.25) is 9.59 Å². The van der Waals surface area contributed by atoms with Crippen molar-refractivity contribution in [2.24, 2.45) is 5.73 Å². The van der Waals surface area contributed by atoms with Crippen LogP contribution in [-0.4, -0.2) is 36.0 Å². The fourth-order valence-corrected chi connectivity index (χ4v) is 1.70. The van der Waals surface area contributed by atoms with Gasteiger partial charge in [0.15, 0.2) is 0 Å². The molecule has 7 nitrogen and oxygen atoms in total. The van der Waals surface area contributed by atoms with Crippen molar-refractivity contribution in [1.29, 1.82) is 0 Å². The van der Waals surface area contributed by atoms with Crippen LogP contribution in [0.2, 0.25) is 0 Å². The normalized spacial score (nSPS) is 11.5. The maximum atomic E-state index is 11.4.